The first-order valence-electron chi connectivity index (χ1n) is 8.89. The number of hydrogen-bond donors (Lipinski definition) is 2. The summed E-state index contributed by atoms with van der Waals surface area (Å²) in [6, 6.07) is 7.45. The molecular formula is C20H21FN4S2. The SMILES string of the molecule is CC1(C)CCCN1.Fc1c(Nc2ccnc3sccc23)ccc2scnc12. The standard InChI is InChI=1S/C14H8FN3S2.C6H13N/c15-12-10(1-2-11-13(12)17-7-20-11)18-9-3-5-16-14-8(9)4-6-19-14;1-6(2)4-3-5-7-6/h1-7H,(H,16,18);7H,3-5H2,1-2H3. The molecule has 0 spiro atoms. The number of rotatable bonds is 2. The van der Waals surface area contributed by atoms with Gasteiger partial charge in [-0.1, -0.05) is 0 Å². The summed E-state index contributed by atoms with van der Waals surface area (Å²) in [7, 11) is 0. The maximum Gasteiger partial charge on any atom is 0.173 e. The van der Waals surface area contributed by atoms with Gasteiger partial charge in [0.15, 0.2) is 5.82 Å². The lowest BCUT2D eigenvalue weighted by Gasteiger charge is -2.15. The lowest BCUT2D eigenvalue weighted by Crippen LogP contribution is -2.31. The summed E-state index contributed by atoms with van der Waals surface area (Å²) in [5, 5.41) is 9.51. The van der Waals surface area contributed by atoms with E-state index in [-0.39, 0.29) is 5.82 Å². The Morgan fingerprint density at radius 1 is 1.11 bits per heavy atom. The fraction of sp³-hybridized carbons (Fsp3) is 0.300. The van der Waals surface area contributed by atoms with E-state index in [4.69, 9.17) is 0 Å². The number of anilines is 2. The van der Waals surface area contributed by atoms with Crippen LogP contribution in [-0.2, 0) is 0 Å². The first kappa shape index (κ1) is 18.3. The lowest BCUT2D eigenvalue weighted by atomic mass is 10.0. The summed E-state index contributed by atoms with van der Waals surface area (Å²) >= 11 is 3.00. The Morgan fingerprint density at radius 2 is 2.00 bits per heavy atom. The lowest BCUT2D eigenvalue weighted by molar-refractivity contribution is 0.460. The molecule has 0 unspecified atom stereocenters. The highest BCUT2D eigenvalue weighted by Crippen LogP contribution is 2.32. The fourth-order valence-electron chi connectivity index (χ4n) is 3.17. The Kier molecular flexibility index (Phi) is 5.08. The van der Waals surface area contributed by atoms with E-state index in [0.29, 0.717) is 16.7 Å². The van der Waals surface area contributed by atoms with E-state index in [2.05, 4.69) is 34.4 Å². The molecule has 4 heterocycles. The predicted molar refractivity (Wildman–Crippen MR) is 114 cm³/mol. The number of aromatic nitrogens is 2. The number of thiophene rings is 1. The third kappa shape index (κ3) is 3.95. The summed E-state index contributed by atoms with van der Waals surface area (Å²) < 4.78 is 15.2. The van der Waals surface area contributed by atoms with Crippen molar-refractivity contribution in [3.63, 3.8) is 0 Å². The van der Waals surface area contributed by atoms with E-state index in [9.17, 15) is 4.39 Å². The van der Waals surface area contributed by atoms with Crippen LogP contribution in [0.1, 0.15) is 26.7 Å². The van der Waals surface area contributed by atoms with Crippen molar-refractivity contribution in [3.8, 4) is 0 Å². The van der Waals surface area contributed by atoms with E-state index in [1.54, 1.807) is 29.1 Å². The van der Waals surface area contributed by atoms with E-state index < -0.39 is 0 Å². The molecule has 27 heavy (non-hydrogen) atoms. The number of hydrogen-bond acceptors (Lipinski definition) is 6. The topological polar surface area (TPSA) is 49.8 Å². The van der Waals surface area contributed by atoms with Gasteiger partial charge in [0.25, 0.3) is 0 Å². The maximum absolute atomic E-state index is 14.4. The second kappa shape index (κ2) is 7.50. The van der Waals surface area contributed by atoms with Gasteiger partial charge >= 0.3 is 0 Å². The van der Waals surface area contributed by atoms with Crippen molar-refractivity contribution in [1.82, 2.24) is 15.3 Å². The summed E-state index contributed by atoms with van der Waals surface area (Å²) in [5.41, 5.74) is 3.79. The van der Waals surface area contributed by atoms with Gasteiger partial charge in [-0.2, -0.15) is 0 Å². The molecule has 0 atom stereocenters. The van der Waals surface area contributed by atoms with Gasteiger partial charge in [-0.3, -0.25) is 0 Å². The monoisotopic (exact) mass is 400 g/mol. The van der Waals surface area contributed by atoms with Crippen molar-refractivity contribution in [1.29, 1.82) is 0 Å². The van der Waals surface area contributed by atoms with Gasteiger partial charge in [0.2, 0.25) is 0 Å². The summed E-state index contributed by atoms with van der Waals surface area (Å²) in [4.78, 5) is 9.28. The predicted octanol–water partition coefficient (Wildman–Crippen LogP) is 5.94. The van der Waals surface area contributed by atoms with Crippen molar-refractivity contribution >= 4 is 54.5 Å². The van der Waals surface area contributed by atoms with Crippen molar-refractivity contribution in [2.75, 3.05) is 11.9 Å². The van der Waals surface area contributed by atoms with Gasteiger partial charge in [0.05, 0.1) is 21.6 Å². The van der Waals surface area contributed by atoms with Crippen LogP contribution >= 0.6 is 22.7 Å². The fourth-order valence-corrected chi connectivity index (χ4v) is 4.60. The van der Waals surface area contributed by atoms with Crippen LogP contribution in [0.15, 0.2) is 41.4 Å². The molecule has 0 bridgehead atoms. The van der Waals surface area contributed by atoms with Crippen molar-refractivity contribution in [2.45, 2.75) is 32.2 Å². The van der Waals surface area contributed by atoms with E-state index in [0.717, 1.165) is 20.6 Å². The molecule has 3 aromatic heterocycles. The number of nitrogens with zero attached hydrogens (tertiary/aromatic N) is 2. The number of nitrogens with one attached hydrogen (secondary N) is 2. The molecule has 140 valence electrons. The van der Waals surface area contributed by atoms with Gasteiger partial charge in [0.1, 0.15) is 10.3 Å². The van der Waals surface area contributed by atoms with Crippen molar-refractivity contribution < 1.29 is 4.39 Å². The van der Waals surface area contributed by atoms with Crippen LogP contribution in [-0.4, -0.2) is 22.1 Å². The molecule has 4 nitrogen and oxygen atoms in total. The second-order valence-corrected chi connectivity index (χ2v) is 8.94. The minimum Gasteiger partial charge on any atom is -0.352 e. The van der Waals surface area contributed by atoms with Crippen molar-refractivity contribution in [2.24, 2.45) is 0 Å². The molecule has 5 rings (SSSR count). The van der Waals surface area contributed by atoms with Gasteiger partial charge < -0.3 is 10.6 Å². The molecule has 0 saturated carbocycles. The largest absolute Gasteiger partial charge is 0.352 e. The number of benzene rings is 1. The molecule has 1 fully saturated rings. The highest BCUT2D eigenvalue weighted by Gasteiger charge is 2.20. The third-order valence-corrected chi connectivity index (χ3v) is 6.27. The average molecular weight is 401 g/mol. The van der Waals surface area contributed by atoms with Crippen LogP contribution in [0, 0.1) is 5.82 Å². The van der Waals surface area contributed by atoms with Crippen LogP contribution in [0.5, 0.6) is 0 Å². The molecule has 0 amide bonds. The Bertz CT molecular complexity index is 1060. The van der Waals surface area contributed by atoms with Crippen LogP contribution in [0.2, 0.25) is 0 Å². The summed E-state index contributed by atoms with van der Waals surface area (Å²) in [5.74, 6) is -0.316. The quantitative estimate of drug-likeness (QED) is 0.437. The van der Waals surface area contributed by atoms with E-state index in [1.165, 1.54) is 30.7 Å². The Balaban J connectivity index is 0.000000218. The van der Waals surface area contributed by atoms with Gasteiger partial charge in [0, 0.05) is 17.1 Å². The Hall–Kier alpha value is -2.09. The minimum atomic E-state index is -0.316. The Morgan fingerprint density at radius 3 is 2.74 bits per heavy atom. The molecule has 1 aliphatic heterocycles. The van der Waals surface area contributed by atoms with Crippen LogP contribution in [0.3, 0.4) is 0 Å². The number of thiazole rings is 1. The summed E-state index contributed by atoms with van der Waals surface area (Å²) in [6.07, 6.45) is 4.42. The molecule has 0 radical (unpaired) electrons. The molecule has 1 aromatic carbocycles. The number of halogens is 1. The first-order chi connectivity index (χ1) is 13.0. The van der Waals surface area contributed by atoms with Crippen LogP contribution < -0.4 is 10.6 Å². The summed E-state index contributed by atoms with van der Waals surface area (Å²) in [6.45, 7) is 5.72. The van der Waals surface area contributed by atoms with Gasteiger partial charge in [-0.15, -0.1) is 22.7 Å². The molecule has 1 aliphatic rings. The zero-order valence-corrected chi connectivity index (χ0v) is 16.9. The first-order valence-corrected chi connectivity index (χ1v) is 10.7. The van der Waals surface area contributed by atoms with E-state index in [1.807, 2.05) is 23.6 Å². The zero-order valence-electron chi connectivity index (χ0n) is 15.3. The van der Waals surface area contributed by atoms with Gasteiger partial charge in [-0.25, -0.2) is 14.4 Å². The van der Waals surface area contributed by atoms with Crippen LogP contribution in [0.4, 0.5) is 15.8 Å². The normalized spacial score (nSPS) is 15.7. The third-order valence-electron chi connectivity index (χ3n) is 4.66. The van der Waals surface area contributed by atoms with E-state index >= 15 is 0 Å². The highest BCUT2D eigenvalue weighted by atomic mass is 32.1. The van der Waals surface area contributed by atoms with Gasteiger partial charge in [-0.05, 0) is 62.9 Å². The molecule has 7 heteroatoms. The maximum atomic E-state index is 14.4. The zero-order chi connectivity index (χ0) is 18.9. The van der Waals surface area contributed by atoms with Crippen molar-refractivity contribution in [3.05, 3.63) is 47.2 Å². The molecular weight excluding hydrogens is 379 g/mol. The average Bonchev–Trinajstić information content (AvgIpc) is 3.38. The minimum absolute atomic E-state index is 0.316. The molecule has 1 saturated heterocycles. The Labute approximate surface area is 165 Å². The molecule has 2 N–H and O–H groups in total. The highest BCUT2D eigenvalue weighted by molar-refractivity contribution is 7.17. The second-order valence-electron chi connectivity index (χ2n) is 7.16. The molecule has 0 aliphatic carbocycles. The number of fused-ring (bicyclic) bond motifs is 2. The smallest absolute Gasteiger partial charge is 0.173 e. The van der Waals surface area contributed by atoms with Crippen LogP contribution in [0.25, 0.3) is 20.4 Å². The number of pyridine rings is 1. The molecule has 4 aromatic rings.